The van der Waals surface area contributed by atoms with Gasteiger partial charge in [-0.2, -0.15) is 0 Å². The molecule has 0 radical (unpaired) electrons. The van der Waals surface area contributed by atoms with Crippen LogP contribution >= 0.6 is 0 Å². The molecule has 1 aliphatic carbocycles. The highest BCUT2D eigenvalue weighted by molar-refractivity contribution is 4.77. The molecule has 12 heavy (non-hydrogen) atoms. The van der Waals surface area contributed by atoms with Crippen LogP contribution in [0.1, 0.15) is 32.6 Å². The van der Waals surface area contributed by atoms with E-state index in [0.717, 1.165) is 31.5 Å². The Bertz CT molecular complexity index is 116. The van der Waals surface area contributed by atoms with Gasteiger partial charge < -0.3 is 10.1 Å². The average molecular weight is 171 g/mol. The van der Waals surface area contributed by atoms with Crippen molar-refractivity contribution in [3.05, 3.63) is 0 Å². The highest BCUT2D eigenvalue weighted by Crippen LogP contribution is 2.24. The van der Waals surface area contributed by atoms with Crippen LogP contribution in [0.5, 0.6) is 0 Å². The van der Waals surface area contributed by atoms with Gasteiger partial charge in [-0.25, -0.2) is 0 Å². The smallest absolute Gasteiger partial charge is 0.0474 e. The second kappa shape index (κ2) is 5.55. The van der Waals surface area contributed by atoms with Crippen LogP contribution in [0.3, 0.4) is 0 Å². The summed E-state index contributed by atoms with van der Waals surface area (Å²) < 4.78 is 4.99. The fraction of sp³-hybridized carbons (Fsp3) is 1.00. The summed E-state index contributed by atoms with van der Waals surface area (Å²) in [6.07, 6.45) is 5.28. The molecule has 0 amide bonds. The monoisotopic (exact) mass is 171 g/mol. The molecule has 1 aliphatic rings. The Hall–Kier alpha value is -0.0800. The van der Waals surface area contributed by atoms with Crippen LogP contribution < -0.4 is 5.32 Å². The Morgan fingerprint density at radius 3 is 2.83 bits per heavy atom. The molecule has 1 fully saturated rings. The van der Waals surface area contributed by atoms with Crippen molar-refractivity contribution in [2.45, 2.75) is 38.6 Å². The Balaban J connectivity index is 1.93. The summed E-state index contributed by atoms with van der Waals surface area (Å²) in [5.74, 6) is 0.935. The molecule has 72 valence electrons. The number of ether oxygens (including phenoxy) is 1. The summed E-state index contributed by atoms with van der Waals surface area (Å²) in [6.45, 7) is 4.34. The van der Waals surface area contributed by atoms with Gasteiger partial charge in [-0.1, -0.05) is 6.92 Å². The van der Waals surface area contributed by atoms with Crippen molar-refractivity contribution < 1.29 is 4.74 Å². The summed E-state index contributed by atoms with van der Waals surface area (Å²) in [7, 11) is 1.76. The van der Waals surface area contributed by atoms with E-state index in [9.17, 15) is 0 Å². The molecule has 0 aliphatic heterocycles. The van der Waals surface area contributed by atoms with Gasteiger partial charge in [0.05, 0.1) is 0 Å². The van der Waals surface area contributed by atoms with Crippen LogP contribution in [0.2, 0.25) is 0 Å². The lowest BCUT2D eigenvalue weighted by atomic mass is 10.1. The zero-order chi connectivity index (χ0) is 8.81. The van der Waals surface area contributed by atoms with Gasteiger partial charge in [0.25, 0.3) is 0 Å². The molecule has 1 N–H and O–H groups in total. The lowest BCUT2D eigenvalue weighted by Crippen LogP contribution is -2.27. The molecule has 0 unspecified atom stereocenters. The highest BCUT2D eigenvalue weighted by Gasteiger charge is 2.19. The van der Waals surface area contributed by atoms with Gasteiger partial charge >= 0.3 is 0 Å². The molecule has 2 nitrogen and oxygen atoms in total. The van der Waals surface area contributed by atoms with E-state index in [2.05, 4.69) is 12.2 Å². The first-order valence-corrected chi connectivity index (χ1v) is 5.05. The van der Waals surface area contributed by atoms with Gasteiger partial charge in [0, 0.05) is 19.8 Å². The number of rotatable bonds is 5. The van der Waals surface area contributed by atoms with Crippen LogP contribution in [-0.4, -0.2) is 26.3 Å². The lowest BCUT2D eigenvalue weighted by molar-refractivity contribution is 0.193. The number of nitrogens with one attached hydrogen (secondary N) is 1. The number of hydrogen-bond donors (Lipinski definition) is 1. The summed E-state index contributed by atoms with van der Waals surface area (Å²) in [4.78, 5) is 0. The molecular weight excluding hydrogens is 150 g/mol. The third-order valence-electron chi connectivity index (χ3n) is 2.65. The fourth-order valence-electron chi connectivity index (χ4n) is 1.92. The number of hydrogen-bond acceptors (Lipinski definition) is 2. The van der Waals surface area contributed by atoms with E-state index in [0.29, 0.717) is 0 Å². The fourth-order valence-corrected chi connectivity index (χ4v) is 1.92. The maximum Gasteiger partial charge on any atom is 0.0474 e. The summed E-state index contributed by atoms with van der Waals surface area (Å²) in [6, 6.07) is 0.789. The van der Waals surface area contributed by atoms with E-state index < -0.39 is 0 Å². The van der Waals surface area contributed by atoms with Gasteiger partial charge in [0.15, 0.2) is 0 Å². The molecule has 1 rings (SSSR count). The van der Waals surface area contributed by atoms with Crippen LogP contribution in [0, 0.1) is 5.92 Å². The third kappa shape index (κ3) is 3.55. The minimum absolute atomic E-state index is 0.789. The molecule has 0 aromatic carbocycles. The first kappa shape index (κ1) is 10.0. The standard InChI is InChI=1S/C10H21NO/c1-9-4-5-10(8-9)11-6-3-7-12-2/h9-11H,3-8H2,1-2H3/t9-,10-/m1/s1. The summed E-state index contributed by atoms with van der Waals surface area (Å²) in [5, 5.41) is 3.57. The quantitative estimate of drug-likeness (QED) is 0.637. The second-order valence-corrected chi connectivity index (χ2v) is 3.92. The van der Waals surface area contributed by atoms with Gasteiger partial charge in [-0.15, -0.1) is 0 Å². The SMILES string of the molecule is COCCCN[C@@H]1CC[C@@H](C)C1. The van der Waals surface area contributed by atoms with Crippen molar-refractivity contribution in [2.24, 2.45) is 5.92 Å². The normalized spacial score (nSPS) is 29.5. The van der Waals surface area contributed by atoms with E-state index in [1.54, 1.807) is 7.11 Å². The van der Waals surface area contributed by atoms with Crippen molar-refractivity contribution in [1.29, 1.82) is 0 Å². The number of methoxy groups -OCH3 is 1. The van der Waals surface area contributed by atoms with E-state index in [-0.39, 0.29) is 0 Å². The van der Waals surface area contributed by atoms with E-state index in [4.69, 9.17) is 4.74 Å². The van der Waals surface area contributed by atoms with Crippen LogP contribution in [-0.2, 0) is 4.74 Å². The van der Waals surface area contributed by atoms with Crippen molar-refractivity contribution in [1.82, 2.24) is 5.32 Å². The lowest BCUT2D eigenvalue weighted by Gasteiger charge is -2.11. The molecule has 0 bridgehead atoms. The molecule has 0 saturated heterocycles. The van der Waals surface area contributed by atoms with Gasteiger partial charge in [0.2, 0.25) is 0 Å². The molecule has 0 aromatic rings. The predicted molar refractivity (Wildman–Crippen MR) is 51.3 cm³/mol. The van der Waals surface area contributed by atoms with E-state index >= 15 is 0 Å². The zero-order valence-corrected chi connectivity index (χ0v) is 8.31. The topological polar surface area (TPSA) is 21.3 Å². The highest BCUT2D eigenvalue weighted by atomic mass is 16.5. The third-order valence-corrected chi connectivity index (χ3v) is 2.65. The van der Waals surface area contributed by atoms with Gasteiger partial charge in [-0.3, -0.25) is 0 Å². The second-order valence-electron chi connectivity index (χ2n) is 3.92. The minimum atomic E-state index is 0.789. The maximum absolute atomic E-state index is 4.99. The largest absolute Gasteiger partial charge is 0.385 e. The van der Waals surface area contributed by atoms with Crippen molar-refractivity contribution in [2.75, 3.05) is 20.3 Å². The molecule has 0 heterocycles. The van der Waals surface area contributed by atoms with Crippen molar-refractivity contribution in [3.63, 3.8) is 0 Å². The predicted octanol–water partition coefficient (Wildman–Crippen LogP) is 1.80. The molecule has 0 aromatic heterocycles. The Kier molecular flexibility index (Phi) is 4.62. The van der Waals surface area contributed by atoms with Gasteiger partial charge in [0.1, 0.15) is 0 Å². The van der Waals surface area contributed by atoms with Crippen LogP contribution in [0.15, 0.2) is 0 Å². The maximum atomic E-state index is 4.99. The Morgan fingerprint density at radius 1 is 1.42 bits per heavy atom. The van der Waals surface area contributed by atoms with E-state index in [1.807, 2.05) is 0 Å². The molecule has 1 saturated carbocycles. The average Bonchev–Trinajstić information content (AvgIpc) is 2.45. The molecular formula is C10H21NO. The van der Waals surface area contributed by atoms with Crippen molar-refractivity contribution >= 4 is 0 Å². The Labute approximate surface area is 75.7 Å². The minimum Gasteiger partial charge on any atom is -0.385 e. The first-order chi connectivity index (χ1) is 5.83. The molecule has 2 atom stereocenters. The Morgan fingerprint density at radius 2 is 2.25 bits per heavy atom. The van der Waals surface area contributed by atoms with Crippen LogP contribution in [0.25, 0.3) is 0 Å². The zero-order valence-electron chi connectivity index (χ0n) is 8.31. The van der Waals surface area contributed by atoms with Gasteiger partial charge in [-0.05, 0) is 38.1 Å². The molecule has 0 spiro atoms. The summed E-state index contributed by atoms with van der Waals surface area (Å²) in [5.41, 5.74) is 0. The first-order valence-electron chi connectivity index (χ1n) is 5.05. The van der Waals surface area contributed by atoms with E-state index in [1.165, 1.54) is 19.3 Å². The summed E-state index contributed by atoms with van der Waals surface area (Å²) >= 11 is 0. The van der Waals surface area contributed by atoms with Crippen molar-refractivity contribution in [3.8, 4) is 0 Å². The molecule has 2 heteroatoms. The van der Waals surface area contributed by atoms with Crippen LogP contribution in [0.4, 0.5) is 0 Å².